The third-order valence-electron chi connectivity index (χ3n) is 2.58. The number of esters is 1. The molecule has 0 heterocycles. The van der Waals surface area contributed by atoms with Crippen LogP contribution in [0.15, 0.2) is 35.4 Å². The summed E-state index contributed by atoms with van der Waals surface area (Å²) in [4.78, 5) is 14.0. The summed E-state index contributed by atoms with van der Waals surface area (Å²) in [7, 11) is 0. The number of ether oxygens (including phenoxy) is 1. The summed E-state index contributed by atoms with van der Waals surface area (Å²) in [6, 6.07) is 8.65. The van der Waals surface area contributed by atoms with E-state index in [2.05, 4.69) is 10.0 Å². The Balaban J connectivity index is 2.64. The van der Waals surface area contributed by atoms with E-state index in [1.54, 1.807) is 6.92 Å². The second kappa shape index (κ2) is 8.13. The predicted octanol–water partition coefficient (Wildman–Crippen LogP) is 2.74. The van der Waals surface area contributed by atoms with Crippen molar-refractivity contribution in [3.63, 3.8) is 0 Å². The lowest BCUT2D eigenvalue weighted by Crippen LogP contribution is -2.18. The van der Waals surface area contributed by atoms with Gasteiger partial charge in [0.2, 0.25) is 0 Å². The number of carbonyl (C=O) groups excluding carboxylic acids is 1. The monoisotopic (exact) mass is 263 g/mol. The third kappa shape index (κ3) is 5.42. The lowest BCUT2D eigenvalue weighted by atomic mass is 10.00. The van der Waals surface area contributed by atoms with Gasteiger partial charge in [-0.15, -0.1) is 0 Å². The molecule has 0 bridgehead atoms. The second-order valence-corrected chi connectivity index (χ2v) is 4.03. The molecule has 19 heavy (non-hydrogen) atoms. The topological polar surface area (TPSA) is 95.3 Å². The van der Waals surface area contributed by atoms with Gasteiger partial charge in [0.1, 0.15) is 0 Å². The van der Waals surface area contributed by atoms with Crippen LogP contribution in [0.5, 0.6) is 0 Å². The minimum atomic E-state index is -0.894. The maximum Gasteiger partial charge on any atom is 0.308 e. The molecule has 2 atom stereocenters. The Morgan fingerprint density at radius 3 is 2.74 bits per heavy atom. The summed E-state index contributed by atoms with van der Waals surface area (Å²) < 4.78 is 4.76. The lowest BCUT2D eigenvalue weighted by molar-refractivity contribution is -0.145. The van der Waals surface area contributed by atoms with Gasteiger partial charge in [0.25, 0.3) is 0 Å². The van der Waals surface area contributed by atoms with Crippen LogP contribution in [-0.4, -0.2) is 23.8 Å². The quantitative estimate of drug-likeness (QED) is 0.354. The largest absolute Gasteiger partial charge is 0.466 e. The van der Waals surface area contributed by atoms with E-state index in [-0.39, 0.29) is 19.4 Å². The van der Waals surface area contributed by atoms with E-state index in [1.807, 2.05) is 30.3 Å². The number of benzene rings is 1. The molecule has 0 saturated carbocycles. The Bertz CT molecular complexity index is 444. The Kier molecular flexibility index (Phi) is 6.43. The first-order valence-corrected chi connectivity index (χ1v) is 6.10. The van der Waals surface area contributed by atoms with Crippen LogP contribution in [0.3, 0.4) is 0 Å². The molecule has 1 rings (SSSR count). The molecule has 0 aliphatic rings. The van der Waals surface area contributed by atoms with E-state index in [1.165, 1.54) is 0 Å². The van der Waals surface area contributed by atoms with Crippen molar-refractivity contribution in [2.45, 2.75) is 31.9 Å². The fourth-order valence-corrected chi connectivity index (χ4v) is 1.74. The molecule has 0 fully saturated rings. The molecule has 0 radical (unpaired) electrons. The Morgan fingerprint density at radius 1 is 1.47 bits per heavy atom. The van der Waals surface area contributed by atoms with Gasteiger partial charge < -0.3 is 9.84 Å². The first-order chi connectivity index (χ1) is 9.17. The van der Waals surface area contributed by atoms with Gasteiger partial charge in [0.05, 0.1) is 25.2 Å². The van der Waals surface area contributed by atoms with Gasteiger partial charge in [0.15, 0.2) is 0 Å². The van der Waals surface area contributed by atoms with Gasteiger partial charge in [-0.05, 0) is 24.4 Å². The second-order valence-electron chi connectivity index (χ2n) is 4.03. The molecule has 1 aromatic rings. The standard InChI is InChI=1S/C13H17N3O3/c1-2-19-13(18)9-11(17)8-12(15-16-14)10-6-4-3-5-7-10/h3-7,11-12,17H,2,8-9H2,1H3/t11-,12-/m0/s1. The minimum Gasteiger partial charge on any atom is -0.466 e. The minimum absolute atomic E-state index is 0.0991. The maximum absolute atomic E-state index is 11.2. The average molecular weight is 263 g/mol. The van der Waals surface area contributed by atoms with Gasteiger partial charge in [-0.2, -0.15) is 0 Å². The zero-order valence-electron chi connectivity index (χ0n) is 10.8. The van der Waals surface area contributed by atoms with Gasteiger partial charge in [-0.1, -0.05) is 35.4 Å². The summed E-state index contributed by atoms with van der Waals surface area (Å²) in [6.07, 6.45) is -0.805. The molecule has 6 nitrogen and oxygen atoms in total. The molecular formula is C13H17N3O3. The molecule has 102 valence electrons. The average Bonchev–Trinajstić information content (AvgIpc) is 2.39. The van der Waals surface area contributed by atoms with Crippen molar-refractivity contribution in [1.29, 1.82) is 0 Å². The molecule has 0 aliphatic carbocycles. The Morgan fingerprint density at radius 2 is 2.16 bits per heavy atom. The SMILES string of the molecule is CCOC(=O)C[C@@H](O)C[C@H](N=[N+]=[N-])c1ccccc1. The number of azide groups is 1. The predicted molar refractivity (Wildman–Crippen MR) is 70.2 cm³/mol. The highest BCUT2D eigenvalue weighted by atomic mass is 16.5. The highest BCUT2D eigenvalue weighted by Crippen LogP contribution is 2.24. The normalized spacial score (nSPS) is 13.2. The molecule has 0 saturated heterocycles. The summed E-state index contributed by atoms with van der Waals surface area (Å²) >= 11 is 0. The first-order valence-electron chi connectivity index (χ1n) is 6.10. The molecular weight excluding hydrogens is 246 g/mol. The van der Waals surface area contributed by atoms with Crippen molar-refractivity contribution in [3.05, 3.63) is 46.3 Å². The van der Waals surface area contributed by atoms with Crippen molar-refractivity contribution in [3.8, 4) is 0 Å². The van der Waals surface area contributed by atoms with E-state index >= 15 is 0 Å². The van der Waals surface area contributed by atoms with Crippen LogP contribution in [0.25, 0.3) is 10.4 Å². The molecule has 1 N–H and O–H groups in total. The molecule has 0 aromatic heterocycles. The molecule has 0 amide bonds. The number of rotatable bonds is 7. The van der Waals surface area contributed by atoms with Crippen LogP contribution < -0.4 is 0 Å². The fraction of sp³-hybridized carbons (Fsp3) is 0.462. The lowest BCUT2D eigenvalue weighted by Gasteiger charge is -2.15. The highest BCUT2D eigenvalue weighted by molar-refractivity contribution is 5.69. The number of aliphatic hydroxyl groups is 1. The van der Waals surface area contributed by atoms with E-state index in [9.17, 15) is 9.90 Å². The van der Waals surface area contributed by atoms with E-state index in [0.717, 1.165) is 5.56 Å². The maximum atomic E-state index is 11.2. The number of hydrogen-bond acceptors (Lipinski definition) is 4. The molecule has 6 heteroatoms. The van der Waals surface area contributed by atoms with Crippen LogP contribution in [0.4, 0.5) is 0 Å². The van der Waals surface area contributed by atoms with Gasteiger partial charge in [0, 0.05) is 4.91 Å². The molecule has 1 aromatic carbocycles. The Hall–Kier alpha value is -2.04. The number of aliphatic hydroxyl groups excluding tert-OH is 1. The molecule has 0 aliphatic heterocycles. The van der Waals surface area contributed by atoms with E-state index < -0.39 is 18.1 Å². The summed E-state index contributed by atoms with van der Waals surface area (Å²) in [5.74, 6) is -0.456. The summed E-state index contributed by atoms with van der Waals surface area (Å²) in [5.41, 5.74) is 9.37. The van der Waals surface area contributed by atoms with Crippen molar-refractivity contribution < 1.29 is 14.6 Å². The van der Waals surface area contributed by atoms with E-state index in [0.29, 0.717) is 0 Å². The molecule has 0 unspecified atom stereocenters. The first kappa shape index (κ1) is 15.0. The van der Waals surface area contributed by atoms with Crippen molar-refractivity contribution in [1.82, 2.24) is 0 Å². The van der Waals surface area contributed by atoms with Crippen molar-refractivity contribution in [2.24, 2.45) is 5.11 Å². The number of carbonyl (C=O) groups is 1. The van der Waals surface area contributed by atoms with Crippen LogP contribution >= 0.6 is 0 Å². The van der Waals surface area contributed by atoms with E-state index in [4.69, 9.17) is 10.3 Å². The zero-order valence-corrected chi connectivity index (χ0v) is 10.8. The summed E-state index contributed by atoms with van der Waals surface area (Å²) in [6.45, 7) is 1.99. The number of hydrogen-bond donors (Lipinski definition) is 1. The van der Waals surface area contributed by atoms with Crippen molar-refractivity contribution in [2.75, 3.05) is 6.61 Å². The van der Waals surface area contributed by atoms with Gasteiger partial charge in [-0.25, -0.2) is 0 Å². The van der Waals surface area contributed by atoms with Gasteiger partial charge >= 0.3 is 5.97 Å². The smallest absolute Gasteiger partial charge is 0.308 e. The van der Waals surface area contributed by atoms with Gasteiger partial charge in [-0.3, -0.25) is 4.79 Å². The van der Waals surface area contributed by atoms with Crippen LogP contribution in [0.1, 0.15) is 31.4 Å². The summed E-state index contributed by atoms with van der Waals surface area (Å²) in [5, 5.41) is 13.5. The zero-order chi connectivity index (χ0) is 14.1. The van der Waals surface area contributed by atoms with Crippen molar-refractivity contribution >= 4 is 5.97 Å². The fourth-order valence-electron chi connectivity index (χ4n) is 1.74. The highest BCUT2D eigenvalue weighted by Gasteiger charge is 2.18. The van der Waals surface area contributed by atoms with Crippen LogP contribution in [0.2, 0.25) is 0 Å². The third-order valence-corrected chi connectivity index (χ3v) is 2.58. The Labute approximate surface area is 111 Å². The van der Waals surface area contributed by atoms with Crippen LogP contribution in [-0.2, 0) is 9.53 Å². The number of nitrogens with zero attached hydrogens (tertiary/aromatic N) is 3. The molecule has 0 spiro atoms. The van der Waals surface area contributed by atoms with Crippen LogP contribution in [0, 0.1) is 0 Å².